The van der Waals surface area contributed by atoms with Gasteiger partial charge in [0.1, 0.15) is 17.2 Å². The van der Waals surface area contributed by atoms with Gasteiger partial charge in [-0.25, -0.2) is 4.57 Å². The molecule has 8 heteroatoms. The van der Waals surface area contributed by atoms with Crippen molar-refractivity contribution in [1.82, 2.24) is 5.32 Å². The maximum atomic E-state index is 13.7. The highest BCUT2D eigenvalue weighted by Crippen LogP contribution is 2.51. The number of phenolic OH excluding ortho intramolecular Hbond substituents is 1. The van der Waals surface area contributed by atoms with Gasteiger partial charge >= 0.3 is 7.60 Å². The van der Waals surface area contributed by atoms with Gasteiger partial charge in [-0.05, 0) is 55.3 Å². The molecule has 2 atom stereocenters. The van der Waals surface area contributed by atoms with Gasteiger partial charge in [0.2, 0.25) is 5.91 Å². The van der Waals surface area contributed by atoms with E-state index in [2.05, 4.69) is 5.32 Å². The quantitative estimate of drug-likeness (QED) is 0.433. The summed E-state index contributed by atoms with van der Waals surface area (Å²) in [7, 11) is -3.86. The smallest absolute Gasteiger partial charge is 0.452 e. The van der Waals surface area contributed by atoms with Crippen LogP contribution in [0.25, 0.3) is 0 Å². The van der Waals surface area contributed by atoms with E-state index >= 15 is 0 Å². The highest BCUT2D eigenvalue weighted by molar-refractivity contribution is 7.55. The van der Waals surface area contributed by atoms with Crippen LogP contribution in [-0.4, -0.2) is 22.8 Å². The van der Waals surface area contributed by atoms with Crippen molar-refractivity contribution in [3.63, 3.8) is 0 Å². The van der Waals surface area contributed by atoms with Gasteiger partial charge in [0.15, 0.2) is 5.78 Å². The lowest BCUT2D eigenvalue weighted by molar-refractivity contribution is -0.122. The van der Waals surface area contributed by atoms with Gasteiger partial charge in [0.05, 0.1) is 6.04 Å². The second kappa shape index (κ2) is 10.2. The molecular formula is C23H25N2O5P. The van der Waals surface area contributed by atoms with Crippen LogP contribution in [-0.2, 0) is 15.8 Å². The Morgan fingerprint density at radius 3 is 1.90 bits per heavy atom. The number of carbonyl (C=O) groups excluding carboxylic acids is 1. The van der Waals surface area contributed by atoms with E-state index in [1.54, 1.807) is 67.6 Å². The van der Waals surface area contributed by atoms with Crippen LogP contribution in [0.2, 0.25) is 0 Å². The van der Waals surface area contributed by atoms with E-state index in [4.69, 9.17) is 14.8 Å². The number of hydrogen-bond donors (Lipinski definition) is 3. The minimum atomic E-state index is -3.86. The SMILES string of the molecule is CC(NC(=O)[C@@H](N)Cc1ccc(O)cc1)P(=O)(Oc1ccccc1)Oc1ccccc1. The fraction of sp³-hybridized carbons (Fsp3) is 0.174. The van der Waals surface area contributed by atoms with Crippen LogP contribution < -0.4 is 20.1 Å². The lowest BCUT2D eigenvalue weighted by Crippen LogP contribution is -2.46. The summed E-state index contributed by atoms with van der Waals surface area (Å²) in [5.41, 5.74) is 6.83. The van der Waals surface area contributed by atoms with Crippen LogP contribution in [0, 0.1) is 0 Å². The Balaban J connectivity index is 1.73. The van der Waals surface area contributed by atoms with Crippen molar-refractivity contribution in [3.05, 3.63) is 90.5 Å². The molecule has 7 nitrogen and oxygen atoms in total. The largest absolute Gasteiger partial charge is 0.508 e. The molecule has 3 rings (SSSR count). The van der Waals surface area contributed by atoms with E-state index in [-0.39, 0.29) is 12.2 Å². The molecule has 1 unspecified atom stereocenters. The first-order valence-electron chi connectivity index (χ1n) is 9.78. The van der Waals surface area contributed by atoms with E-state index in [1.807, 2.05) is 12.1 Å². The third kappa shape index (κ3) is 6.35. The van der Waals surface area contributed by atoms with Gasteiger partial charge in [-0.2, -0.15) is 0 Å². The second-order valence-corrected chi connectivity index (χ2v) is 9.23. The van der Waals surface area contributed by atoms with E-state index < -0.39 is 25.3 Å². The van der Waals surface area contributed by atoms with Crippen LogP contribution in [0.3, 0.4) is 0 Å². The molecule has 0 saturated heterocycles. The zero-order chi connectivity index (χ0) is 22.3. The van der Waals surface area contributed by atoms with E-state index in [9.17, 15) is 14.5 Å². The van der Waals surface area contributed by atoms with E-state index in [1.165, 1.54) is 12.1 Å². The Hall–Kier alpha value is -3.28. The van der Waals surface area contributed by atoms with Gasteiger partial charge < -0.3 is 25.2 Å². The van der Waals surface area contributed by atoms with Crippen molar-refractivity contribution in [2.45, 2.75) is 25.2 Å². The molecule has 0 aliphatic heterocycles. The first kappa shape index (κ1) is 22.4. The van der Waals surface area contributed by atoms with Gasteiger partial charge in [-0.1, -0.05) is 48.5 Å². The molecule has 0 saturated carbocycles. The molecule has 0 bridgehead atoms. The molecule has 0 radical (unpaired) electrons. The molecule has 31 heavy (non-hydrogen) atoms. The monoisotopic (exact) mass is 440 g/mol. The molecule has 1 amide bonds. The molecule has 0 heterocycles. The first-order valence-corrected chi connectivity index (χ1v) is 11.4. The molecule has 0 aromatic heterocycles. The van der Waals surface area contributed by atoms with E-state index in [0.29, 0.717) is 11.5 Å². The Bertz CT molecular complexity index is 983. The number of aromatic hydroxyl groups is 1. The molecule has 4 N–H and O–H groups in total. The van der Waals surface area contributed by atoms with Crippen LogP contribution in [0.4, 0.5) is 0 Å². The number of nitrogens with one attached hydrogen (secondary N) is 1. The van der Waals surface area contributed by atoms with Crippen molar-refractivity contribution in [2.24, 2.45) is 5.73 Å². The van der Waals surface area contributed by atoms with Crippen LogP contribution in [0.15, 0.2) is 84.9 Å². The standard InChI is InChI=1S/C23H25N2O5P/c1-17(25-23(27)22(24)16-18-12-14-19(26)15-13-18)31(28,29-20-8-4-2-5-9-20)30-21-10-6-3-7-11-21/h2-15,17,22,26H,16,24H2,1H3,(H,25,27)/t17?,22-/m0/s1. The Kier molecular flexibility index (Phi) is 7.34. The van der Waals surface area contributed by atoms with Gasteiger partial charge in [0, 0.05) is 0 Å². The number of phenols is 1. The fourth-order valence-corrected chi connectivity index (χ4v) is 4.27. The predicted molar refractivity (Wildman–Crippen MR) is 119 cm³/mol. The molecule has 0 aliphatic rings. The van der Waals surface area contributed by atoms with Crippen molar-refractivity contribution < 1.29 is 23.5 Å². The van der Waals surface area contributed by atoms with Crippen molar-refractivity contribution >= 4 is 13.5 Å². The minimum Gasteiger partial charge on any atom is -0.508 e. The summed E-state index contributed by atoms with van der Waals surface area (Å²) in [4.78, 5) is 12.7. The molecule has 0 fully saturated rings. The van der Waals surface area contributed by atoms with Crippen molar-refractivity contribution in [2.75, 3.05) is 0 Å². The van der Waals surface area contributed by atoms with E-state index in [0.717, 1.165) is 5.56 Å². The number of carbonyl (C=O) groups is 1. The number of benzene rings is 3. The minimum absolute atomic E-state index is 0.132. The summed E-state index contributed by atoms with van der Waals surface area (Å²) in [6, 6.07) is 22.8. The van der Waals surface area contributed by atoms with Gasteiger partial charge in [-0.3, -0.25) is 4.79 Å². The fourth-order valence-electron chi connectivity index (χ4n) is 2.80. The maximum absolute atomic E-state index is 13.7. The molecule has 162 valence electrons. The topological polar surface area (TPSA) is 111 Å². The third-order valence-electron chi connectivity index (χ3n) is 4.51. The summed E-state index contributed by atoms with van der Waals surface area (Å²) in [6.07, 6.45) is 0.252. The highest BCUT2D eigenvalue weighted by Gasteiger charge is 2.38. The Morgan fingerprint density at radius 1 is 0.935 bits per heavy atom. The summed E-state index contributed by atoms with van der Waals surface area (Å²) in [5.74, 6) is -0.611. The zero-order valence-corrected chi connectivity index (χ0v) is 17.9. The lowest BCUT2D eigenvalue weighted by Gasteiger charge is -2.26. The number of para-hydroxylation sites is 2. The number of hydrogen-bond acceptors (Lipinski definition) is 6. The highest BCUT2D eigenvalue weighted by atomic mass is 31.2. The van der Waals surface area contributed by atoms with Crippen LogP contribution in [0.1, 0.15) is 12.5 Å². The number of amides is 1. The summed E-state index contributed by atoms with van der Waals surface area (Å²) in [6.45, 7) is 1.55. The third-order valence-corrected chi connectivity index (χ3v) is 6.51. The molecule has 0 aliphatic carbocycles. The van der Waals surface area contributed by atoms with Crippen LogP contribution >= 0.6 is 7.60 Å². The Morgan fingerprint density at radius 2 is 1.42 bits per heavy atom. The molecule has 3 aromatic rings. The lowest BCUT2D eigenvalue weighted by atomic mass is 10.1. The van der Waals surface area contributed by atoms with Crippen molar-refractivity contribution in [3.8, 4) is 17.2 Å². The summed E-state index contributed by atoms with van der Waals surface area (Å²) < 4.78 is 25.1. The first-order chi connectivity index (χ1) is 14.9. The second-order valence-electron chi connectivity index (χ2n) is 7.01. The summed E-state index contributed by atoms with van der Waals surface area (Å²) >= 11 is 0. The molecule has 3 aromatic carbocycles. The maximum Gasteiger partial charge on any atom is 0.452 e. The molecule has 0 spiro atoms. The average molecular weight is 440 g/mol. The predicted octanol–water partition coefficient (Wildman–Crippen LogP) is 4.08. The Labute approximate surface area is 181 Å². The van der Waals surface area contributed by atoms with Crippen LogP contribution in [0.5, 0.6) is 17.2 Å². The molecular weight excluding hydrogens is 415 g/mol. The number of nitrogens with two attached hydrogens (primary N) is 1. The zero-order valence-electron chi connectivity index (χ0n) is 17.0. The average Bonchev–Trinajstić information content (AvgIpc) is 2.76. The van der Waals surface area contributed by atoms with Crippen molar-refractivity contribution in [1.29, 1.82) is 0 Å². The summed E-state index contributed by atoms with van der Waals surface area (Å²) in [5, 5.41) is 12.0. The van der Waals surface area contributed by atoms with Gasteiger partial charge in [-0.15, -0.1) is 0 Å². The van der Waals surface area contributed by atoms with Gasteiger partial charge in [0.25, 0.3) is 0 Å². The normalized spacial score (nSPS) is 13.1. The number of rotatable bonds is 9.